The second-order valence-corrected chi connectivity index (χ2v) is 3.89. The van der Waals surface area contributed by atoms with Gasteiger partial charge in [0.25, 0.3) is 0 Å². The van der Waals surface area contributed by atoms with Gasteiger partial charge in [-0.15, -0.1) is 0 Å². The van der Waals surface area contributed by atoms with Gasteiger partial charge in [0.15, 0.2) is 0 Å². The zero-order chi connectivity index (χ0) is 12.1. The summed E-state index contributed by atoms with van der Waals surface area (Å²) >= 11 is 0. The average Bonchev–Trinajstić information content (AvgIpc) is 2.16. The monoisotopic (exact) mass is 216 g/mol. The first-order valence-electron chi connectivity index (χ1n) is 5.18. The first kappa shape index (κ1) is 13.9. The lowest BCUT2D eigenvalue weighted by Gasteiger charge is -2.27. The fourth-order valence-electron chi connectivity index (χ4n) is 1.27. The number of carboxylic acid groups (broad SMARTS) is 1. The standard InChI is InChI=1S/C10H20N2O3/c1-4-6-10(3,9(14)15)12-8(13)7(11)5-2/h7H,4-6,11H2,1-3H3,(H,12,13)(H,14,15)/t7-,10?/m1/s1. The average molecular weight is 216 g/mol. The van der Waals surface area contributed by atoms with Crippen LogP contribution in [0.1, 0.15) is 40.0 Å². The number of amides is 1. The molecule has 0 bridgehead atoms. The fourth-order valence-corrected chi connectivity index (χ4v) is 1.27. The summed E-state index contributed by atoms with van der Waals surface area (Å²) in [6.45, 7) is 5.15. The van der Waals surface area contributed by atoms with Gasteiger partial charge in [0, 0.05) is 0 Å². The van der Waals surface area contributed by atoms with Gasteiger partial charge in [0.05, 0.1) is 6.04 Å². The molecule has 0 spiro atoms. The predicted molar refractivity (Wildman–Crippen MR) is 57.4 cm³/mol. The topological polar surface area (TPSA) is 92.4 Å². The Morgan fingerprint density at radius 1 is 1.47 bits per heavy atom. The highest BCUT2D eigenvalue weighted by molar-refractivity contribution is 5.89. The van der Waals surface area contributed by atoms with Crippen molar-refractivity contribution in [3.8, 4) is 0 Å². The highest BCUT2D eigenvalue weighted by Gasteiger charge is 2.34. The molecule has 0 aliphatic heterocycles. The maximum atomic E-state index is 11.5. The van der Waals surface area contributed by atoms with Crippen LogP contribution in [0.25, 0.3) is 0 Å². The van der Waals surface area contributed by atoms with Gasteiger partial charge < -0.3 is 16.2 Å². The molecule has 0 aromatic rings. The van der Waals surface area contributed by atoms with Crippen molar-refractivity contribution in [3.05, 3.63) is 0 Å². The van der Waals surface area contributed by atoms with Crippen LogP contribution < -0.4 is 11.1 Å². The number of carbonyl (C=O) groups is 2. The molecule has 88 valence electrons. The number of carboxylic acids is 1. The van der Waals surface area contributed by atoms with E-state index in [9.17, 15) is 9.59 Å². The number of carbonyl (C=O) groups excluding carboxylic acids is 1. The van der Waals surface area contributed by atoms with Crippen LogP contribution in [0.15, 0.2) is 0 Å². The van der Waals surface area contributed by atoms with E-state index in [0.29, 0.717) is 19.3 Å². The smallest absolute Gasteiger partial charge is 0.329 e. The molecule has 0 heterocycles. The first-order valence-corrected chi connectivity index (χ1v) is 5.18. The van der Waals surface area contributed by atoms with E-state index < -0.39 is 23.5 Å². The van der Waals surface area contributed by atoms with Gasteiger partial charge in [0.2, 0.25) is 5.91 Å². The van der Waals surface area contributed by atoms with Crippen molar-refractivity contribution in [2.24, 2.45) is 5.73 Å². The number of rotatable bonds is 6. The van der Waals surface area contributed by atoms with Crippen molar-refractivity contribution in [2.45, 2.75) is 51.6 Å². The minimum atomic E-state index is -1.21. The summed E-state index contributed by atoms with van der Waals surface area (Å²) in [5.41, 5.74) is 4.31. The van der Waals surface area contributed by atoms with Gasteiger partial charge in [0.1, 0.15) is 5.54 Å². The number of hydrogen-bond acceptors (Lipinski definition) is 3. The molecule has 5 heteroatoms. The molecule has 2 atom stereocenters. The predicted octanol–water partition coefficient (Wildman–Crippen LogP) is 0.483. The third-order valence-electron chi connectivity index (χ3n) is 2.40. The third-order valence-corrected chi connectivity index (χ3v) is 2.40. The molecule has 15 heavy (non-hydrogen) atoms. The summed E-state index contributed by atoms with van der Waals surface area (Å²) in [6, 6.07) is -0.638. The summed E-state index contributed by atoms with van der Waals surface area (Å²) in [4.78, 5) is 22.5. The van der Waals surface area contributed by atoms with Crippen LogP contribution in [0, 0.1) is 0 Å². The largest absolute Gasteiger partial charge is 0.480 e. The molecule has 1 amide bonds. The van der Waals surface area contributed by atoms with Crippen LogP contribution in [0.3, 0.4) is 0 Å². The normalized spacial score (nSPS) is 16.5. The van der Waals surface area contributed by atoms with Gasteiger partial charge in [-0.2, -0.15) is 0 Å². The molecule has 0 rings (SSSR count). The SMILES string of the molecule is CCCC(C)(NC(=O)[C@H](N)CC)C(=O)O. The van der Waals surface area contributed by atoms with Crippen LogP contribution in [-0.4, -0.2) is 28.6 Å². The first-order chi connectivity index (χ1) is 6.87. The van der Waals surface area contributed by atoms with Crippen LogP contribution in [0.2, 0.25) is 0 Å². The fraction of sp³-hybridized carbons (Fsp3) is 0.800. The minimum absolute atomic E-state index is 0.393. The van der Waals surface area contributed by atoms with Gasteiger partial charge in [-0.3, -0.25) is 4.79 Å². The van der Waals surface area contributed by atoms with E-state index in [4.69, 9.17) is 10.8 Å². The molecule has 0 aromatic heterocycles. The van der Waals surface area contributed by atoms with Crippen molar-refractivity contribution >= 4 is 11.9 Å². The van der Waals surface area contributed by atoms with Crippen LogP contribution in [0.5, 0.6) is 0 Å². The van der Waals surface area contributed by atoms with E-state index in [0.717, 1.165) is 0 Å². The lowest BCUT2D eigenvalue weighted by Crippen LogP contribution is -2.56. The lowest BCUT2D eigenvalue weighted by molar-refractivity contribution is -0.147. The Morgan fingerprint density at radius 3 is 2.33 bits per heavy atom. The molecule has 1 unspecified atom stereocenters. The second-order valence-electron chi connectivity index (χ2n) is 3.89. The molecule has 0 saturated carbocycles. The summed E-state index contributed by atoms with van der Waals surface area (Å²) in [6.07, 6.45) is 1.57. The van der Waals surface area contributed by atoms with Gasteiger partial charge in [-0.1, -0.05) is 20.3 Å². The highest BCUT2D eigenvalue weighted by atomic mass is 16.4. The Labute approximate surface area is 90.0 Å². The molecule has 5 nitrogen and oxygen atoms in total. The van der Waals surface area contributed by atoms with E-state index in [-0.39, 0.29) is 0 Å². The molecule has 0 radical (unpaired) electrons. The summed E-state index contributed by atoms with van der Waals surface area (Å²) in [7, 11) is 0. The quantitative estimate of drug-likeness (QED) is 0.602. The van der Waals surface area contributed by atoms with Crippen LogP contribution in [0.4, 0.5) is 0 Å². The lowest BCUT2D eigenvalue weighted by atomic mass is 9.95. The molecular weight excluding hydrogens is 196 g/mol. The zero-order valence-corrected chi connectivity index (χ0v) is 9.54. The number of hydrogen-bond donors (Lipinski definition) is 3. The second kappa shape index (κ2) is 5.70. The van der Waals surface area contributed by atoms with Crippen molar-refractivity contribution in [1.29, 1.82) is 0 Å². The molecular formula is C10H20N2O3. The van der Waals surface area contributed by atoms with Gasteiger partial charge in [-0.25, -0.2) is 4.79 Å². The Kier molecular flexibility index (Phi) is 5.28. The van der Waals surface area contributed by atoms with Crippen molar-refractivity contribution in [2.75, 3.05) is 0 Å². The summed E-state index contributed by atoms with van der Waals surface area (Å²) in [5.74, 6) is -1.43. The Balaban J connectivity index is 4.55. The van der Waals surface area contributed by atoms with Crippen LogP contribution in [-0.2, 0) is 9.59 Å². The summed E-state index contributed by atoms with van der Waals surface area (Å²) < 4.78 is 0. The summed E-state index contributed by atoms with van der Waals surface area (Å²) in [5, 5.41) is 11.5. The number of aliphatic carboxylic acids is 1. The van der Waals surface area contributed by atoms with E-state index in [1.165, 1.54) is 6.92 Å². The maximum Gasteiger partial charge on any atom is 0.329 e. The molecule has 4 N–H and O–H groups in total. The van der Waals surface area contributed by atoms with E-state index in [1.807, 2.05) is 6.92 Å². The highest BCUT2D eigenvalue weighted by Crippen LogP contribution is 2.12. The molecule has 0 aliphatic rings. The molecule has 0 aromatic carbocycles. The van der Waals surface area contributed by atoms with Crippen LogP contribution >= 0.6 is 0 Å². The van der Waals surface area contributed by atoms with Crippen molar-refractivity contribution in [3.63, 3.8) is 0 Å². The molecule has 0 saturated heterocycles. The van der Waals surface area contributed by atoms with Gasteiger partial charge in [-0.05, 0) is 19.8 Å². The molecule has 0 fully saturated rings. The molecule has 0 aliphatic carbocycles. The van der Waals surface area contributed by atoms with Gasteiger partial charge >= 0.3 is 5.97 Å². The minimum Gasteiger partial charge on any atom is -0.480 e. The zero-order valence-electron chi connectivity index (χ0n) is 9.54. The Morgan fingerprint density at radius 2 is 2.00 bits per heavy atom. The van der Waals surface area contributed by atoms with Crippen molar-refractivity contribution in [1.82, 2.24) is 5.32 Å². The Hall–Kier alpha value is -1.10. The van der Waals surface area contributed by atoms with Crippen molar-refractivity contribution < 1.29 is 14.7 Å². The third kappa shape index (κ3) is 3.87. The Bertz CT molecular complexity index is 243. The maximum absolute atomic E-state index is 11.5. The number of nitrogens with one attached hydrogen (secondary N) is 1. The van der Waals surface area contributed by atoms with E-state index >= 15 is 0 Å². The number of nitrogens with two attached hydrogens (primary N) is 1. The van der Waals surface area contributed by atoms with E-state index in [1.54, 1.807) is 6.92 Å². The van der Waals surface area contributed by atoms with E-state index in [2.05, 4.69) is 5.32 Å².